The van der Waals surface area contributed by atoms with E-state index in [2.05, 4.69) is 40.9 Å². The maximum atomic E-state index is 3.78. The summed E-state index contributed by atoms with van der Waals surface area (Å²) in [4.78, 5) is 7.68. The van der Waals surface area contributed by atoms with Crippen molar-refractivity contribution in [1.82, 2.24) is 20.0 Å². The average Bonchev–Trinajstić information content (AvgIpc) is 2.46. The van der Waals surface area contributed by atoms with Gasteiger partial charge in [0.2, 0.25) is 0 Å². The van der Waals surface area contributed by atoms with Gasteiger partial charge in [-0.15, -0.1) is 0 Å². The Labute approximate surface area is 131 Å². The molecule has 2 fully saturated rings. The van der Waals surface area contributed by atoms with Gasteiger partial charge in [0.25, 0.3) is 0 Å². The number of hydrogen-bond acceptors (Lipinski definition) is 4. The second-order valence-electron chi connectivity index (χ2n) is 7.42. The number of rotatable bonds is 7. The molecule has 21 heavy (non-hydrogen) atoms. The topological polar surface area (TPSA) is 21.8 Å². The van der Waals surface area contributed by atoms with Gasteiger partial charge < -0.3 is 20.0 Å². The van der Waals surface area contributed by atoms with Gasteiger partial charge >= 0.3 is 0 Å². The van der Waals surface area contributed by atoms with E-state index in [-0.39, 0.29) is 0 Å². The van der Waals surface area contributed by atoms with E-state index in [1.807, 2.05) is 0 Å². The lowest BCUT2D eigenvalue weighted by atomic mass is 10.0. The fraction of sp³-hybridized carbons (Fsp3) is 1.00. The zero-order chi connectivity index (χ0) is 15.1. The van der Waals surface area contributed by atoms with Crippen LogP contribution in [0.2, 0.25) is 0 Å². The highest BCUT2D eigenvalue weighted by Crippen LogP contribution is 2.12. The van der Waals surface area contributed by atoms with Crippen LogP contribution < -0.4 is 5.32 Å². The molecular formula is C17H36N4. The molecule has 2 saturated heterocycles. The summed E-state index contributed by atoms with van der Waals surface area (Å²) in [5.74, 6) is 0.804. The van der Waals surface area contributed by atoms with Gasteiger partial charge in [-0.1, -0.05) is 13.8 Å². The molecule has 0 radical (unpaired) electrons. The molecule has 0 unspecified atom stereocenters. The molecule has 124 valence electrons. The Morgan fingerprint density at radius 2 is 1.62 bits per heavy atom. The largest absolute Gasteiger partial charge is 0.314 e. The molecule has 2 aliphatic heterocycles. The summed E-state index contributed by atoms with van der Waals surface area (Å²) in [5, 5.41) is 3.78. The van der Waals surface area contributed by atoms with Gasteiger partial charge in [0.1, 0.15) is 0 Å². The second-order valence-corrected chi connectivity index (χ2v) is 7.42. The average molecular weight is 297 g/mol. The standard InChI is InChI=1S/C17H36N4/c1-16(2)15-21-9-5-17(6-10-21)18-7-4-8-20-13-11-19(3)12-14-20/h16-18H,4-15H2,1-3H3. The number of piperidine rings is 1. The fourth-order valence-electron chi connectivity index (χ4n) is 3.52. The molecule has 0 atom stereocenters. The Kier molecular flexibility index (Phi) is 7.44. The van der Waals surface area contributed by atoms with Gasteiger partial charge in [0.15, 0.2) is 0 Å². The molecule has 0 aromatic carbocycles. The quantitative estimate of drug-likeness (QED) is 0.716. The summed E-state index contributed by atoms with van der Waals surface area (Å²) >= 11 is 0. The molecule has 0 aromatic heterocycles. The molecular weight excluding hydrogens is 260 g/mol. The van der Waals surface area contributed by atoms with Crippen LogP contribution >= 0.6 is 0 Å². The third-order valence-corrected chi connectivity index (χ3v) is 4.89. The number of nitrogens with zero attached hydrogens (tertiary/aromatic N) is 3. The molecule has 2 aliphatic rings. The van der Waals surface area contributed by atoms with E-state index >= 15 is 0 Å². The highest BCUT2D eigenvalue weighted by atomic mass is 15.2. The van der Waals surface area contributed by atoms with Crippen molar-refractivity contribution < 1.29 is 0 Å². The van der Waals surface area contributed by atoms with E-state index in [1.165, 1.54) is 78.2 Å². The highest BCUT2D eigenvalue weighted by Gasteiger charge is 2.19. The molecule has 2 heterocycles. The zero-order valence-electron chi connectivity index (χ0n) is 14.5. The molecule has 0 saturated carbocycles. The predicted molar refractivity (Wildman–Crippen MR) is 90.9 cm³/mol. The molecule has 1 N–H and O–H groups in total. The molecule has 0 amide bonds. The Bertz CT molecular complexity index is 266. The van der Waals surface area contributed by atoms with Crippen LogP contribution in [0.4, 0.5) is 0 Å². The third kappa shape index (κ3) is 6.64. The smallest absolute Gasteiger partial charge is 0.0110 e. The van der Waals surface area contributed by atoms with E-state index in [9.17, 15) is 0 Å². The first-order valence-electron chi connectivity index (χ1n) is 9.00. The molecule has 0 bridgehead atoms. The van der Waals surface area contributed by atoms with E-state index < -0.39 is 0 Å². The van der Waals surface area contributed by atoms with Crippen LogP contribution in [0.25, 0.3) is 0 Å². The van der Waals surface area contributed by atoms with Crippen LogP contribution in [0.1, 0.15) is 33.1 Å². The van der Waals surface area contributed by atoms with Crippen LogP contribution in [0.5, 0.6) is 0 Å². The lowest BCUT2D eigenvalue weighted by molar-refractivity contribution is 0.150. The lowest BCUT2D eigenvalue weighted by Crippen LogP contribution is -2.46. The molecule has 0 aliphatic carbocycles. The molecule has 4 heteroatoms. The van der Waals surface area contributed by atoms with E-state index in [0.29, 0.717) is 0 Å². The summed E-state index contributed by atoms with van der Waals surface area (Å²) < 4.78 is 0. The normalized spacial score (nSPS) is 24.0. The van der Waals surface area contributed by atoms with Gasteiger partial charge in [-0.25, -0.2) is 0 Å². The molecule has 0 spiro atoms. The monoisotopic (exact) mass is 296 g/mol. The summed E-state index contributed by atoms with van der Waals surface area (Å²) in [6.45, 7) is 15.9. The number of likely N-dealkylation sites (tertiary alicyclic amines) is 1. The summed E-state index contributed by atoms with van der Waals surface area (Å²) in [5.41, 5.74) is 0. The maximum absolute atomic E-state index is 3.78. The predicted octanol–water partition coefficient (Wildman–Crippen LogP) is 1.33. The van der Waals surface area contributed by atoms with Crippen LogP contribution in [-0.2, 0) is 0 Å². The van der Waals surface area contributed by atoms with Crippen LogP contribution in [0.3, 0.4) is 0 Å². The maximum Gasteiger partial charge on any atom is 0.0110 e. The van der Waals surface area contributed by atoms with Crippen LogP contribution in [0.15, 0.2) is 0 Å². The number of likely N-dealkylation sites (N-methyl/N-ethyl adjacent to an activating group) is 1. The molecule has 4 nitrogen and oxygen atoms in total. The second kappa shape index (κ2) is 9.09. The van der Waals surface area contributed by atoms with Crippen molar-refractivity contribution in [3.05, 3.63) is 0 Å². The summed E-state index contributed by atoms with van der Waals surface area (Å²) in [7, 11) is 2.23. The first kappa shape index (κ1) is 17.2. The van der Waals surface area contributed by atoms with Crippen molar-refractivity contribution in [3.8, 4) is 0 Å². The fourth-order valence-corrected chi connectivity index (χ4v) is 3.52. The minimum absolute atomic E-state index is 0.765. The Morgan fingerprint density at radius 3 is 2.24 bits per heavy atom. The minimum Gasteiger partial charge on any atom is -0.314 e. The SMILES string of the molecule is CC(C)CN1CCC(NCCCN2CCN(C)CC2)CC1. The van der Waals surface area contributed by atoms with Crippen molar-refractivity contribution >= 4 is 0 Å². The summed E-state index contributed by atoms with van der Waals surface area (Å²) in [6, 6.07) is 0.765. The van der Waals surface area contributed by atoms with Crippen LogP contribution in [0, 0.1) is 5.92 Å². The van der Waals surface area contributed by atoms with Gasteiger partial charge in [-0.05, 0) is 58.4 Å². The van der Waals surface area contributed by atoms with E-state index in [4.69, 9.17) is 0 Å². The van der Waals surface area contributed by atoms with Gasteiger partial charge in [-0.3, -0.25) is 0 Å². The minimum atomic E-state index is 0.765. The van der Waals surface area contributed by atoms with E-state index in [1.54, 1.807) is 0 Å². The van der Waals surface area contributed by atoms with Gasteiger partial charge in [0, 0.05) is 38.8 Å². The Morgan fingerprint density at radius 1 is 0.952 bits per heavy atom. The Hall–Kier alpha value is -0.160. The lowest BCUT2D eigenvalue weighted by Gasteiger charge is -2.34. The zero-order valence-corrected chi connectivity index (χ0v) is 14.5. The number of nitrogens with one attached hydrogen (secondary N) is 1. The highest BCUT2D eigenvalue weighted by molar-refractivity contribution is 4.78. The first-order chi connectivity index (χ1) is 10.1. The van der Waals surface area contributed by atoms with Gasteiger partial charge in [0.05, 0.1) is 0 Å². The Balaban J connectivity index is 1.48. The van der Waals surface area contributed by atoms with Crippen LogP contribution in [-0.4, -0.2) is 86.7 Å². The number of piperazine rings is 1. The van der Waals surface area contributed by atoms with Crippen molar-refractivity contribution in [2.45, 2.75) is 39.2 Å². The summed E-state index contributed by atoms with van der Waals surface area (Å²) in [6.07, 6.45) is 3.97. The van der Waals surface area contributed by atoms with Crippen molar-refractivity contribution in [2.24, 2.45) is 5.92 Å². The third-order valence-electron chi connectivity index (χ3n) is 4.89. The van der Waals surface area contributed by atoms with Crippen molar-refractivity contribution in [2.75, 3.05) is 66.0 Å². The van der Waals surface area contributed by atoms with Crippen molar-refractivity contribution in [3.63, 3.8) is 0 Å². The molecule has 2 rings (SSSR count). The van der Waals surface area contributed by atoms with E-state index in [0.717, 1.165) is 12.0 Å². The first-order valence-corrected chi connectivity index (χ1v) is 9.00. The molecule has 0 aromatic rings. The number of hydrogen-bond donors (Lipinski definition) is 1. The van der Waals surface area contributed by atoms with Gasteiger partial charge in [-0.2, -0.15) is 0 Å². The van der Waals surface area contributed by atoms with Crippen molar-refractivity contribution in [1.29, 1.82) is 0 Å².